The predicted molar refractivity (Wildman–Crippen MR) is 65.1 cm³/mol. The monoisotopic (exact) mass is 210 g/mol. The minimum Gasteiger partial charge on any atom is -0.319 e. The Balaban J connectivity index is 1.88. The molecule has 2 rings (SSSR count). The van der Waals surface area contributed by atoms with Gasteiger partial charge in [0.25, 0.3) is 0 Å². The molecule has 2 aliphatic carbocycles. The van der Waals surface area contributed by atoms with Crippen LogP contribution in [0.5, 0.6) is 0 Å². The third-order valence-electron chi connectivity index (χ3n) is 4.43. The van der Waals surface area contributed by atoms with Crippen molar-refractivity contribution < 1.29 is 0 Å². The fourth-order valence-electron chi connectivity index (χ4n) is 3.49. The standard InChI is InChI=1S/C13H26N2/c1-3-15(12-6-4-5-7-12)13-9-8-11(13)10-14-2/h11-14H,3-10H2,1-2H3. The molecule has 2 atom stereocenters. The molecule has 0 aromatic rings. The molecule has 2 fully saturated rings. The zero-order valence-corrected chi connectivity index (χ0v) is 10.3. The van der Waals surface area contributed by atoms with E-state index in [4.69, 9.17) is 0 Å². The molecule has 0 radical (unpaired) electrons. The zero-order valence-electron chi connectivity index (χ0n) is 10.3. The molecule has 0 amide bonds. The van der Waals surface area contributed by atoms with E-state index in [9.17, 15) is 0 Å². The predicted octanol–water partition coefficient (Wildman–Crippen LogP) is 2.25. The van der Waals surface area contributed by atoms with Crippen LogP contribution in [0.1, 0.15) is 45.4 Å². The molecule has 2 saturated carbocycles. The Hall–Kier alpha value is -0.0800. The lowest BCUT2D eigenvalue weighted by Crippen LogP contribution is -2.53. The molecule has 2 heteroatoms. The van der Waals surface area contributed by atoms with E-state index in [2.05, 4.69) is 24.2 Å². The number of hydrogen-bond acceptors (Lipinski definition) is 2. The van der Waals surface area contributed by atoms with Crippen molar-refractivity contribution in [3.8, 4) is 0 Å². The van der Waals surface area contributed by atoms with E-state index in [1.165, 1.54) is 51.6 Å². The van der Waals surface area contributed by atoms with Gasteiger partial charge in [0.1, 0.15) is 0 Å². The maximum atomic E-state index is 3.34. The van der Waals surface area contributed by atoms with Gasteiger partial charge in [-0.2, -0.15) is 0 Å². The second-order valence-corrected chi connectivity index (χ2v) is 5.23. The van der Waals surface area contributed by atoms with Gasteiger partial charge in [-0.1, -0.05) is 19.8 Å². The lowest BCUT2D eigenvalue weighted by Gasteiger charge is -2.47. The van der Waals surface area contributed by atoms with E-state index in [-0.39, 0.29) is 0 Å². The van der Waals surface area contributed by atoms with Crippen LogP contribution in [0.15, 0.2) is 0 Å². The van der Waals surface area contributed by atoms with E-state index >= 15 is 0 Å². The van der Waals surface area contributed by atoms with Crippen LogP contribution in [0.4, 0.5) is 0 Å². The number of hydrogen-bond donors (Lipinski definition) is 1. The number of rotatable bonds is 5. The van der Waals surface area contributed by atoms with E-state index < -0.39 is 0 Å². The summed E-state index contributed by atoms with van der Waals surface area (Å²) in [5.74, 6) is 0.926. The Labute approximate surface area is 94.4 Å². The van der Waals surface area contributed by atoms with Crippen LogP contribution in [0.25, 0.3) is 0 Å². The Kier molecular flexibility index (Phi) is 4.04. The summed E-state index contributed by atoms with van der Waals surface area (Å²) in [6, 6.07) is 1.81. The molecule has 15 heavy (non-hydrogen) atoms. The van der Waals surface area contributed by atoms with Gasteiger partial charge < -0.3 is 5.32 Å². The minimum atomic E-state index is 0.894. The molecule has 1 N–H and O–H groups in total. The third kappa shape index (κ3) is 2.36. The molecule has 2 aliphatic rings. The first kappa shape index (κ1) is 11.4. The van der Waals surface area contributed by atoms with Gasteiger partial charge in [-0.25, -0.2) is 0 Å². The highest BCUT2D eigenvalue weighted by atomic mass is 15.2. The molecule has 0 aromatic heterocycles. The number of nitrogens with zero attached hydrogens (tertiary/aromatic N) is 1. The highest BCUT2D eigenvalue weighted by Crippen LogP contribution is 2.36. The van der Waals surface area contributed by atoms with Crippen molar-refractivity contribution in [1.82, 2.24) is 10.2 Å². The second kappa shape index (κ2) is 5.31. The van der Waals surface area contributed by atoms with Crippen LogP contribution < -0.4 is 5.32 Å². The van der Waals surface area contributed by atoms with Crippen molar-refractivity contribution in [3.63, 3.8) is 0 Å². The molecule has 0 aliphatic heterocycles. The highest BCUT2D eigenvalue weighted by Gasteiger charge is 2.37. The molecule has 2 nitrogen and oxygen atoms in total. The van der Waals surface area contributed by atoms with Gasteiger partial charge in [-0.15, -0.1) is 0 Å². The van der Waals surface area contributed by atoms with Crippen molar-refractivity contribution in [2.24, 2.45) is 5.92 Å². The normalized spacial score (nSPS) is 32.2. The van der Waals surface area contributed by atoms with Crippen LogP contribution in [-0.2, 0) is 0 Å². The van der Waals surface area contributed by atoms with Gasteiger partial charge in [-0.3, -0.25) is 4.90 Å². The summed E-state index contributed by atoms with van der Waals surface area (Å²) in [5.41, 5.74) is 0. The zero-order chi connectivity index (χ0) is 10.7. The van der Waals surface area contributed by atoms with Gasteiger partial charge in [0.15, 0.2) is 0 Å². The average molecular weight is 210 g/mol. The average Bonchev–Trinajstić information content (AvgIpc) is 2.73. The molecule has 0 bridgehead atoms. The van der Waals surface area contributed by atoms with Crippen LogP contribution >= 0.6 is 0 Å². The first-order chi connectivity index (χ1) is 7.36. The summed E-state index contributed by atoms with van der Waals surface area (Å²) in [4.78, 5) is 2.80. The van der Waals surface area contributed by atoms with Crippen molar-refractivity contribution in [1.29, 1.82) is 0 Å². The quantitative estimate of drug-likeness (QED) is 0.749. The maximum Gasteiger partial charge on any atom is 0.0139 e. The number of nitrogens with one attached hydrogen (secondary N) is 1. The fourth-order valence-corrected chi connectivity index (χ4v) is 3.49. The summed E-state index contributed by atoms with van der Waals surface area (Å²) in [6.07, 6.45) is 8.72. The Morgan fingerprint density at radius 1 is 1.13 bits per heavy atom. The summed E-state index contributed by atoms with van der Waals surface area (Å²) < 4.78 is 0. The molecule has 88 valence electrons. The molecular formula is C13H26N2. The molecule has 0 aromatic carbocycles. The van der Waals surface area contributed by atoms with Crippen LogP contribution in [0.2, 0.25) is 0 Å². The van der Waals surface area contributed by atoms with Crippen LogP contribution in [-0.4, -0.2) is 37.1 Å². The van der Waals surface area contributed by atoms with Crippen molar-refractivity contribution in [2.45, 2.75) is 57.5 Å². The van der Waals surface area contributed by atoms with Crippen molar-refractivity contribution in [2.75, 3.05) is 20.1 Å². The lowest BCUT2D eigenvalue weighted by molar-refractivity contribution is 0.0340. The molecule has 0 spiro atoms. The fraction of sp³-hybridized carbons (Fsp3) is 1.00. The molecule has 0 saturated heterocycles. The van der Waals surface area contributed by atoms with Gasteiger partial charge in [-0.05, 0) is 51.7 Å². The highest BCUT2D eigenvalue weighted by molar-refractivity contribution is 4.93. The van der Waals surface area contributed by atoms with Crippen molar-refractivity contribution in [3.05, 3.63) is 0 Å². The lowest BCUT2D eigenvalue weighted by atomic mass is 9.77. The summed E-state index contributed by atoms with van der Waals surface area (Å²) in [5, 5.41) is 3.34. The van der Waals surface area contributed by atoms with Crippen molar-refractivity contribution >= 4 is 0 Å². The third-order valence-corrected chi connectivity index (χ3v) is 4.43. The van der Waals surface area contributed by atoms with Crippen LogP contribution in [0.3, 0.4) is 0 Å². The minimum absolute atomic E-state index is 0.894. The maximum absolute atomic E-state index is 3.34. The van der Waals surface area contributed by atoms with Crippen LogP contribution in [0, 0.1) is 5.92 Å². The van der Waals surface area contributed by atoms with Gasteiger partial charge in [0.05, 0.1) is 0 Å². The molecular weight excluding hydrogens is 184 g/mol. The van der Waals surface area contributed by atoms with Gasteiger partial charge in [0.2, 0.25) is 0 Å². The Bertz CT molecular complexity index is 187. The first-order valence-electron chi connectivity index (χ1n) is 6.77. The molecule has 0 heterocycles. The first-order valence-corrected chi connectivity index (χ1v) is 6.77. The smallest absolute Gasteiger partial charge is 0.0139 e. The summed E-state index contributed by atoms with van der Waals surface area (Å²) in [6.45, 7) is 4.82. The van der Waals surface area contributed by atoms with Gasteiger partial charge in [0, 0.05) is 12.1 Å². The Morgan fingerprint density at radius 3 is 2.33 bits per heavy atom. The Morgan fingerprint density at radius 2 is 1.87 bits per heavy atom. The largest absolute Gasteiger partial charge is 0.319 e. The summed E-state index contributed by atoms with van der Waals surface area (Å²) in [7, 11) is 2.08. The van der Waals surface area contributed by atoms with Gasteiger partial charge >= 0.3 is 0 Å². The van der Waals surface area contributed by atoms with E-state index in [0.717, 1.165) is 18.0 Å². The second-order valence-electron chi connectivity index (χ2n) is 5.23. The van der Waals surface area contributed by atoms with E-state index in [1.807, 2.05) is 0 Å². The topological polar surface area (TPSA) is 15.3 Å². The van der Waals surface area contributed by atoms with E-state index in [1.54, 1.807) is 0 Å². The SMILES string of the molecule is CCN(C1CCCC1)C1CCC1CNC. The van der Waals surface area contributed by atoms with E-state index in [0.29, 0.717) is 0 Å². The molecule has 2 unspecified atom stereocenters. The summed E-state index contributed by atoms with van der Waals surface area (Å²) >= 11 is 0.